The van der Waals surface area contributed by atoms with E-state index in [4.69, 9.17) is 9.47 Å². The van der Waals surface area contributed by atoms with E-state index in [1.807, 2.05) is 42.7 Å². The number of aryl methyl sites for hydroxylation is 1. The quantitative estimate of drug-likeness (QED) is 0.321. The van der Waals surface area contributed by atoms with E-state index in [1.54, 1.807) is 32.2 Å². The lowest BCUT2D eigenvalue weighted by atomic mass is 10.1. The highest BCUT2D eigenvalue weighted by molar-refractivity contribution is 6.01. The number of hydrogen-bond acceptors (Lipinski definition) is 5. The van der Waals surface area contributed by atoms with Gasteiger partial charge < -0.3 is 19.4 Å². The average molecular weight is 395 g/mol. The summed E-state index contributed by atoms with van der Waals surface area (Å²) < 4.78 is 11.9. The van der Waals surface area contributed by atoms with Crippen LogP contribution >= 0.6 is 0 Å². The third-order valence-electron chi connectivity index (χ3n) is 4.36. The maximum atomic E-state index is 12.2. The summed E-state index contributed by atoms with van der Waals surface area (Å²) in [5.74, 6) is -0.796. The molecule has 1 heterocycles. The van der Waals surface area contributed by atoms with Gasteiger partial charge in [-0.15, -0.1) is 0 Å². The summed E-state index contributed by atoms with van der Waals surface area (Å²) in [6.07, 6.45) is 1.58. The predicted molar refractivity (Wildman–Crippen MR) is 110 cm³/mol. The number of esters is 1. The Morgan fingerprint density at radius 2 is 1.93 bits per heavy atom. The minimum atomic E-state index is -0.437. The maximum absolute atomic E-state index is 12.2. The van der Waals surface area contributed by atoms with Crippen molar-refractivity contribution in [2.24, 2.45) is 0 Å². The van der Waals surface area contributed by atoms with E-state index in [0.29, 0.717) is 25.3 Å². The number of nitrogens with zero attached hydrogens (tertiary/aromatic N) is 2. The number of hydrogen-bond donors (Lipinski definition) is 1. The van der Waals surface area contributed by atoms with Gasteiger partial charge in [-0.05, 0) is 62.7 Å². The van der Waals surface area contributed by atoms with Crippen LogP contribution in [-0.2, 0) is 14.3 Å². The largest absolute Gasteiger partial charge is 0.462 e. The normalized spacial score (nSPS) is 11.1. The minimum absolute atomic E-state index is 0.0269. The third kappa shape index (κ3) is 5.33. The number of benzene rings is 1. The molecule has 0 spiro atoms. The first-order chi connectivity index (χ1) is 13.9. The van der Waals surface area contributed by atoms with Crippen molar-refractivity contribution in [3.05, 3.63) is 58.4 Å². The van der Waals surface area contributed by atoms with Crippen LogP contribution in [0.2, 0.25) is 0 Å². The molecular weight excluding hydrogens is 370 g/mol. The zero-order valence-corrected chi connectivity index (χ0v) is 17.1. The second kappa shape index (κ2) is 10.2. The minimum Gasteiger partial charge on any atom is -0.462 e. The predicted octanol–water partition coefficient (Wildman–Crippen LogP) is 2.94. The highest BCUT2D eigenvalue weighted by atomic mass is 16.5. The fraction of sp³-hybridized carbons (Fsp3) is 0.318. The van der Waals surface area contributed by atoms with Gasteiger partial charge in [0.25, 0.3) is 5.91 Å². The van der Waals surface area contributed by atoms with Gasteiger partial charge >= 0.3 is 5.97 Å². The van der Waals surface area contributed by atoms with Crippen molar-refractivity contribution in [3.8, 4) is 11.8 Å². The van der Waals surface area contributed by atoms with Gasteiger partial charge in [0.05, 0.1) is 18.8 Å². The van der Waals surface area contributed by atoms with E-state index in [-0.39, 0.29) is 11.5 Å². The molecule has 1 amide bonds. The molecule has 0 saturated heterocycles. The molecule has 7 nitrogen and oxygen atoms in total. The second-order valence-electron chi connectivity index (χ2n) is 6.35. The number of ether oxygens (including phenoxy) is 2. The maximum Gasteiger partial charge on any atom is 0.338 e. The average Bonchev–Trinajstić information content (AvgIpc) is 2.99. The topological polar surface area (TPSA) is 93.4 Å². The number of aromatic nitrogens is 1. The molecule has 152 valence electrons. The van der Waals surface area contributed by atoms with E-state index >= 15 is 0 Å². The van der Waals surface area contributed by atoms with E-state index in [1.165, 1.54) is 0 Å². The first-order valence-electron chi connectivity index (χ1n) is 9.28. The summed E-state index contributed by atoms with van der Waals surface area (Å²) in [7, 11) is 1.54. The number of nitriles is 1. The van der Waals surface area contributed by atoms with Gasteiger partial charge in [0, 0.05) is 30.7 Å². The SMILES string of the molecule is CCOC(=O)c1ccc(-n2c(C)cc(/C=C(\C#N)C(=O)NCCOC)c2C)cc1. The zero-order valence-electron chi connectivity index (χ0n) is 17.1. The molecule has 0 aliphatic carbocycles. The van der Waals surface area contributed by atoms with Crippen LogP contribution in [0.5, 0.6) is 0 Å². The molecule has 1 N–H and O–H groups in total. The Balaban J connectivity index is 2.31. The first-order valence-corrected chi connectivity index (χ1v) is 9.28. The Bertz CT molecular complexity index is 950. The standard InChI is InChI=1S/C22H25N3O4/c1-5-29-22(27)17-6-8-20(9-7-17)25-15(2)12-18(16(25)3)13-19(14-23)21(26)24-10-11-28-4/h6-9,12-13H,5,10-11H2,1-4H3,(H,24,26)/b19-13+. The van der Waals surface area contributed by atoms with E-state index in [0.717, 1.165) is 22.6 Å². The van der Waals surface area contributed by atoms with Gasteiger partial charge in [0.1, 0.15) is 11.6 Å². The van der Waals surface area contributed by atoms with Crippen LogP contribution < -0.4 is 5.32 Å². The Kier molecular flexibility index (Phi) is 7.75. The number of rotatable bonds is 8. The summed E-state index contributed by atoms with van der Waals surface area (Å²) in [5.41, 5.74) is 3.97. The number of carbonyl (C=O) groups is 2. The van der Waals surface area contributed by atoms with Gasteiger partial charge in [-0.25, -0.2) is 4.79 Å². The number of methoxy groups -OCH3 is 1. The molecule has 7 heteroatoms. The monoisotopic (exact) mass is 395 g/mol. The van der Waals surface area contributed by atoms with Crippen molar-refractivity contribution in [1.82, 2.24) is 9.88 Å². The molecule has 0 bridgehead atoms. The molecule has 0 unspecified atom stereocenters. The Hall–Kier alpha value is -3.37. The Morgan fingerprint density at radius 1 is 1.24 bits per heavy atom. The van der Waals surface area contributed by atoms with Gasteiger partial charge in [-0.1, -0.05) is 0 Å². The molecule has 0 radical (unpaired) electrons. The second-order valence-corrected chi connectivity index (χ2v) is 6.35. The van der Waals surface area contributed by atoms with Gasteiger partial charge in [0.2, 0.25) is 0 Å². The lowest BCUT2D eigenvalue weighted by Gasteiger charge is -2.10. The molecular formula is C22H25N3O4. The highest BCUT2D eigenvalue weighted by Crippen LogP contribution is 2.23. The van der Waals surface area contributed by atoms with Crippen molar-refractivity contribution in [2.75, 3.05) is 26.9 Å². The van der Waals surface area contributed by atoms with Gasteiger partial charge in [-0.3, -0.25) is 4.79 Å². The Morgan fingerprint density at radius 3 is 2.52 bits per heavy atom. The lowest BCUT2D eigenvalue weighted by molar-refractivity contribution is -0.117. The van der Waals surface area contributed by atoms with Crippen LogP contribution in [0, 0.1) is 25.2 Å². The fourth-order valence-electron chi connectivity index (χ4n) is 2.96. The molecule has 29 heavy (non-hydrogen) atoms. The molecule has 0 aliphatic heterocycles. The molecule has 0 atom stereocenters. The van der Waals surface area contributed by atoms with Crippen molar-refractivity contribution < 1.29 is 19.1 Å². The Labute approximate surface area is 170 Å². The number of nitrogens with one attached hydrogen (secondary N) is 1. The summed E-state index contributed by atoms with van der Waals surface area (Å²) in [5, 5.41) is 12.0. The van der Waals surface area contributed by atoms with Crippen molar-refractivity contribution in [3.63, 3.8) is 0 Å². The van der Waals surface area contributed by atoms with Crippen LogP contribution in [-0.4, -0.2) is 43.3 Å². The first kappa shape index (κ1) is 21.9. The zero-order chi connectivity index (χ0) is 21.4. The fourth-order valence-corrected chi connectivity index (χ4v) is 2.96. The van der Waals surface area contributed by atoms with Crippen LogP contribution in [0.1, 0.15) is 34.2 Å². The van der Waals surface area contributed by atoms with Gasteiger partial charge in [-0.2, -0.15) is 5.26 Å². The van der Waals surface area contributed by atoms with Crippen LogP contribution in [0.4, 0.5) is 0 Å². The summed E-state index contributed by atoms with van der Waals surface area (Å²) in [6.45, 7) is 6.65. The summed E-state index contributed by atoms with van der Waals surface area (Å²) in [6, 6.07) is 11.0. The molecule has 0 fully saturated rings. The van der Waals surface area contributed by atoms with Crippen LogP contribution in [0.15, 0.2) is 35.9 Å². The van der Waals surface area contributed by atoms with Crippen molar-refractivity contribution in [2.45, 2.75) is 20.8 Å². The van der Waals surface area contributed by atoms with E-state index in [9.17, 15) is 14.9 Å². The van der Waals surface area contributed by atoms with Crippen LogP contribution in [0.25, 0.3) is 11.8 Å². The molecule has 1 aromatic heterocycles. The number of amides is 1. The molecule has 1 aromatic carbocycles. The highest BCUT2D eigenvalue weighted by Gasteiger charge is 2.14. The summed E-state index contributed by atoms with van der Waals surface area (Å²) >= 11 is 0. The number of carbonyl (C=O) groups excluding carboxylic acids is 2. The molecule has 0 saturated carbocycles. The lowest BCUT2D eigenvalue weighted by Crippen LogP contribution is -2.27. The molecule has 2 rings (SSSR count). The smallest absolute Gasteiger partial charge is 0.338 e. The van der Waals surface area contributed by atoms with Crippen molar-refractivity contribution in [1.29, 1.82) is 5.26 Å². The van der Waals surface area contributed by atoms with E-state index in [2.05, 4.69) is 5.32 Å². The third-order valence-corrected chi connectivity index (χ3v) is 4.36. The molecule has 0 aliphatic rings. The molecule has 2 aromatic rings. The van der Waals surface area contributed by atoms with E-state index < -0.39 is 5.91 Å². The van der Waals surface area contributed by atoms with Gasteiger partial charge in [0.15, 0.2) is 0 Å². The summed E-state index contributed by atoms with van der Waals surface area (Å²) in [4.78, 5) is 24.0. The van der Waals surface area contributed by atoms with Crippen molar-refractivity contribution >= 4 is 18.0 Å². The van der Waals surface area contributed by atoms with Crippen LogP contribution in [0.3, 0.4) is 0 Å².